The second-order valence-electron chi connectivity index (χ2n) is 4.14. The topological polar surface area (TPSA) is 95.5 Å². The van der Waals surface area contributed by atoms with Crippen molar-refractivity contribution in [3.8, 4) is 0 Å². The molecular formula is C12H15ClN2O4S. The number of carboxylic acid groups (broad SMARTS) is 1. The van der Waals surface area contributed by atoms with Gasteiger partial charge >= 0.3 is 12.0 Å². The van der Waals surface area contributed by atoms with Gasteiger partial charge in [-0.2, -0.15) is 0 Å². The molecule has 0 aliphatic rings. The average molecular weight is 319 g/mol. The van der Waals surface area contributed by atoms with Gasteiger partial charge in [0.2, 0.25) is 0 Å². The van der Waals surface area contributed by atoms with Crippen molar-refractivity contribution in [2.75, 3.05) is 18.1 Å². The Balaban J connectivity index is 2.61. The number of hydrogen-bond acceptors (Lipinski definition) is 3. The molecule has 1 aromatic carbocycles. The largest absolute Gasteiger partial charge is 0.478 e. The van der Waals surface area contributed by atoms with Gasteiger partial charge in [0.05, 0.1) is 10.6 Å². The number of carbonyl (C=O) groups excluding carboxylic acids is 1. The van der Waals surface area contributed by atoms with Gasteiger partial charge in [-0.15, -0.1) is 0 Å². The average Bonchev–Trinajstić information content (AvgIpc) is 2.35. The van der Waals surface area contributed by atoms with Crippen molar-refractivity contribution in [1.82, 2.24) is 5.32 Å². The zero-order chi connectivity index (χ0) is 15.3. The van der Waals surface area contributed by atoms with Crippen molar-refractivity contribution < 1.29 is 18.9 Å². The highest BCUT2D eigenvalue weighted by molar-refractivity contribution is 7.84. The Hall–Kier alpha value is -1.60. The van der Waals surface area contributed by atoms with Crippen molar-refractivity contribution in [1.29, 1.82) is 0 Å². The lowest BCUT2D eigenvalue weighted by atomic mass is 10.2. The van der Waals surface area contributed by atoms with E-state index in [2.05, 4.69) is 10.6 Å². The minimum absolute atomic E-state index is 0.0346. The summed E-state index contributed by atoms with van der Waals surface area (Å²) in [4.78, 5) is 22.4. The predicted octanol–water partition coefficient (Wildman–Crippen LogP) is 1.93. The molecule has 0 saturated carbocycles. The molecule has 2 unspecified atom stereocenters. The highest BCUT2D eigenvalue weighted by atomic mass is 35.5. The van der Waals surface area contributed by atoms with E-state index in [1.165, 1.54) is 18.2 Å². The molecule has 0 spiro atoms. The van der Waals surface area contributed by atoms with Gasteiger partial charge in [-0.3, -0.25) is 4.21 Å². The van der Waals surface area contributed by atoms with Crippen LogP contribution in [-0.4, -0.2) is 39.4 Å². The summed E-state index contributed by atoms with van der Waals surface area (Å²) in [6, 6.07) is 3.63. The minimum atomic E-state index is -1.13. The zero-order valence-electron chi connectivity index (χ0n) is 11.0. The third-order valence-electron chi connectivity index (χ3n) is 2.57. The van der Waals surface area contributed by atoms with Crippen LogP contribution in [0.25, 0.3) is 0 Å². The normalized spacial score (nSPS) is 13.3. The molecule has 6 nitrogen and oxygen atoms in total. The number of carboxylic acids is 1. The molecule has 0 radical (unpaired) electrons. The fourth-order valence-corrected chi connectivity index (χ4v) is 1.87. The van der Waals surface area contributed by atoms with Gasteiger partial charge in [-0.1, -0.05) is 11.6 Å². The number of halogens is 1. The van der Waals surface area contributed by atoms with Crippen LogP contribution in [0.15, 0.2) is 18.2 Å². The van der Waals surface area contributed by atoms with E-state index >= 15 is 0 Å². The summed E-state index contributed by atoms with van der Waals surface area (Å²) in [5.41, 5.74) is 0.343. The first kappa shape index (κ1) is 16.5. The highest BCUT2D eigenvalue weighted by Gasteiger charge is 2.11. The van der Waals surface area contributed by atoms with Gasteiger partial charge in [-0.05, 0) is 25.1 Å². The van der Waals surface area contributed by atoms with Gasteiger partial charge in [0, 0.05) is 34.5 Å². The van der Waals surface area contributed by atoms with E-state index in [1.54, 1.807) is 13.2 Å². The van der Waals surface area contributed by atoms with Gasteiger partial charge in [0.15, 0.2) is 0 Å². The second kappa shape index (κ2) is 7.25. The summed E-state index contributed by atoms with van der Waals surface area (Å²) in [6.45, 7) is 2.03. The summed E-state index contributed by atoms with van der Waals surface area (Å²) >= 11 is 5.78. The Kier molecular flexibility index (Phi) is 5.97. The molecule has 2 amide bonds. The third-order valence-corrected chi connectivity index (χ3v) is 4.19. The van der Waals surface area contributed by atoms with Crippen LogP contribution in [0.5, 0.6) is 0 Å². The second-order valence-corrected chi connectivity index (χ2v) is 6.35. The summed E-state index contributed by atoms with van der Waals surface area (Å²) in [7, 11) is -1.01. The molecule has 1 rings (SSSR count). The molecule has 3 N–H and O–H groups in total. The van der Waals surface area contributed by atoms with Gasteiger partial charge in [0.1, 0.15) is 0 Å². The maximum absolute atomic E-state index is 11.6. The number of aromatic carboxylic acids is 1. The standard InChI is InChI=1S/C12H15ClN2O4S/c1-7(20(2)19)6-14-12(18)15-8-3-4-9(11(16)17)10(13)5-8/h3-5,7H,6H2,1-2H3,(H,16,17)(H2,14,15,18). The summed E-state index contributed by atoms with van der Waals surface area (Å²) in [5, 5.41) is 13.8. The van der Waals surface area contributed by atoms with Crippen LogP contribution in [0.2, 0.25) is 5.02 Å². The third kappa shape index (κ3) is 4.82. The molecule has 0 aliphatic heterocycles. The number of carbonyl (C=O) groups is 2. The molecule has 0 heterocycles. The first-order valence-corrected chi connectivity index (χ1v) is 7.71. The van der Waals surface area contributed by atoms with Gasteiger partial charge < -0.3 is 15.7 Å². The molecule has 110 valence electrons. The first-order chi connectivity index (χ1) is 9.31. The highest BCUT2D eigenvalue weighted by Crippen LogP contribution is 2.20. The first-order valence-electron chi connectivity index (χ1n) is 5.71. The Morgan fingerprint density at radius 2 is 2.10 bits per heavy atom. The van der Waals surface area contributed by atoms with E-state index in [0.717, 1.165) is 0 Å². The molecule has 20 heavy (non-hydrogen) atoms. The molecule has 1 aromatic rings. The molecule has 0 bridgehead atoms. The number of benzene rings is 1. The number of hydrogen-bond donors (Lipinski definition) is 3. The smallest absolute Gasteiger partial charge is 0.337 e. The SMILES string of the molecule is CC(CNC(=O)Nc1ccc(C(=O)O)c(Cl)c1)S(C)=O. The Morgan fingerprint density at radius 3 is 2.60 bits per heavy atom. The van der Waals surface area contributed by atoms with Crippen molar-refractivity contribution in [2.45, 2.75) is 12.2 Å². The van der Waals surface area contributed by atoms with Gasteiger partial charge in [-0.25, -0.2) is 9.59 Å². The van der Waals surface area contributed by atoms with Crippen LogP contribution in [-0.2, 0) is 10.8 Å². The van der Waals surface area contributed by atoms with E-state index in [4.69, 9.17) is 16.7 Å². The van der Waals surface area contributed by atoms with Crippen LogP contribution in [0.4, 0.5) is 10.5 Å². The summed E-state index contributed by atoms with van der Waals surface area (Å²) in [6.07, 6.45) is 1.56. The minimum Gasteiger partial charge on any atom is -0.478 e. The lowest BCUT2D eigenvalue weighted by Gasteiger charge is -2.11. The Morgan fingerprint density at radius 1 is 1.45 bits per heavy atom. The molecule has 0 aliphatic carbocycles. The number of rotatable bonds is 5. The van der Waals surface area contributed by atoms with Crippen molar-refractivity contribution >= 4 is 40.1 Å². The van der Waals surface area contributed by atoms with E-state index < -0.39 is 22.8 Å². The Labute approximate surface area is 124 Å². The van der Waals surface area contributed by atoms with E-state index in [1.807, 2.05) is 0 Å². The molecule has 8 heteroatoms. The summed E-state index contributed by atoms with van der Waals surface area (Å²) < 4.78 is 11.1. The van der Waals surface area contributed by atoms with E-state index in [-0.39, 0.29) is 22.4 Å². The molecule has 0 saturated heterocycles. The molecular weight excluding hydrogens is 304 g/mol. The predicted molar refractivity (Wildman–Crippen MR) is 79.0 cm³/mol. The monoisotopic (exact) mass is 318 g/mol. The quantitative estimate of drug-likeness (QED) is 0.773. The van der Waals surface area contributed by atoms with Crippen molar-refractivity contribution in [3.05, 3.63) is 28.8 Å². The van der Waals surface area contributed by atoms with Crippen LogP contribution < -0.4 is 10.6 Å². The van der Waals surface area contributed by atoms with Gasteiger partial charge in [0.25, 0.3) is 0 Å². The maximum atomic E-state index is 11.6. The lowest BCUT2D eigenvalue weighted by molar-refractivity contribution is 0.0697. The zero-order valence-corrected chi connectivity index (χ0v) is 12.5. The fourth-order valence-electron chi connectivity index (χ4n) is 1.30. The van der Waals surface area contributed by atoms with Crippen molar-refractivity contribution in [2.24, 2.45) is 0 Å². The van der Waals surface area contributed by atoms with E-state index in [0.29, 0.717) is 5.69 Å². The van der Waals surface area contributed by atoms with Crippen LogP contribution in [0.3, 0.4) is 0 Å². The number of amides is 2. The molecule has 2 atom stereocenters. The fraction of sp³-hybridized carbons (Fsp3) is 0.333. The molecule has 0 aromatic heterocycles. The maximum Gasteiger partial charge on any atom is 0.337 e. The molecule has 0 fully saturated rings. The Bertz CT molecular complexity index is 550. The summed E-state index contributed by atoms with van der Waals surface area (Å²) in [5.74, 6) is -1.13. The van der Waals surface area contributed by atoms with E-state index in [9.17, 15) is 13.8 Å². The van der Waals surface area contributed by atoms with Crippen LogP contribution in [0.1, 0.15) is 17.3 Å². The number of anilines is 1. The van der Waals surface area contributed by atoms with Crippen LogP contribution >= 0.6 is 11.6 Å². The number of nitrogens with one attached hydrogen (secondary N) is 2. The van der Waals surface area contributed by atoms with Crippen LogP contribution in [0, 0.1) is 0 Å². The van der Waals surface area contributed by atoms with Crippen molar-refractivity contribution in [3.63, 3.8) is 0 Å². The lowest BCUT2D eigenvalue weighted by Crippen LogP contribution is -2.35. The number of urea groups is 1.